The molecule has 0 N–H and O–H groups in total. The number of aliphatic carboxylic acids is 1. The van der Waals surface area contributed by atoms with Gasteiger partial charge in [-0.2, -0.15) is 0 Å². The van der Waals surface area contributed by atoms with E-state index in [9.17, 15) is 19.5 Å². The van der Waals surface area contributed by atoms with Gasteiger partial charge in [0, 0.05) is 12.8 Å². The standard InChI is InChI=1S/C71H135NO8/c1-6-8-10-12-14-16-18-20-22-24-26-27-28-29-30-31-32-33-34-35-36-37-38-39-40-41-42-43-44-46-47-49-51-53-55-57-59-61-68(73)78-65-67(66-79-71(70(75)76)77-64-63-72(3,4)5)80-69(74)62-60-58-56-54-52-50-48-45-25-23-21-19-17-15-13-11-9-7-2/h17,19,23,25,67,71H,6-16,18,20-22,24,26-66H2,1-5H3/b19-17-,25-23-. The van der Waals surface area contributed by atoms with Crippen LogP contribution in [0.4, 0.5) is 0 Å². The summed E-state index contributed by atoms with van der Waals surface area (Å²) in [4.78, 5) is 37.4. The lowest BCUT2D eigenvalue weighted by Crippen LogP contribution is -2.44. The maximum Gasteiger partial charge on any atom is 0.306 e. The lowest BCUT2D eigenvalue weighted by Gasteiger charge is -2.26. The van der Waals surface area contributed by atoms with Crippen LogP contribution in [0.3, 0.4) is 0 Å². The fraction of sp³-hybridized carbons (Fsp3) is 0.901. The lowest BCUT2D eigenvalue weighted by atomic mass is 10.0. The largest absolute Gasteiger partial charge is 0.545 e. The Labute approximate surface area is 497 Å². The Bertz CT molecular complexity index is 1360. The fourth-order valence-electron chi connectivity index (χ4n) is 10.6. The summed E-state index contributed by atoms with van der Waals surface area (Å²) in [5.41, 5.74) is 0. The molecule has 80 heavy (non-hydrogen) atoms. The number of esters is 2. The number of ether oxygens (including phenoxy) is 4. The van der Waals surface area contributed by atoms with E-state index >= 15 is 0 Å². The van der Waals surface area contributed by atoms with Crippen molar-refractivity contribution in [3.05, 3.63) is 24.3 Å². The lowest BCUT2D eigenvalue weighted by molar-refractivity contribution is -0.870. The van der Waals surface area contributed by atoms with Crippen molar-refractivity contribution >= 4 is 17.9 Å². The Hall–Kier alpha value is -2.23. The van der Waals surface area contributed by atoms with Gasteiger partial charge in [0.2, 0.25) is 0 Å². The predicted molar refractivity (Wildman–Crippen MR) is 339 cm³/mol. The van der Waals surface area contributed by atoms with Gasteiger partial charge in [-0.3, -0.25) is 9.59 Å². The fourth-order valence-corrected chi connectivity index (χ4v) is 10.6. The van der Waals surface area contributed by atoms with E-state index in [2.05, 4.69) is 38.2 Å². The normalized spacial score (nSPS) is 12.8. The Balaban J connectivity index is 3.95. The van der Waals surface area contributed by atoms with Gasteiger partial charge >= 0.3 is 11.9 Å². The molecule has 0 rings (SSSR count). The van der Waals surface area contributed by atoms with E-state index in [1.165, 1.54) is 270 Å². The van der Waals surface area contributed by atoms with Crippen LogP contribution in [0.5, 0.6) is 0 Å². The second-order valence-corrected chi connectivity index (χ2v) is 25.2. The topological polar surface area (TPSA) is 111 Å². The number of carbonyl (C=O) groups is 3. The zero-order valence-corrected chi connectivity index (χ0v) is 54.0. The van der Waals surface area contributed by atoms with Crippen LogP contribution in [-0.2, 0) is 33.3 Å². The van der Waals surface area contributed by atoms with Crippen molar-refractivity contribution in [1.82, 2.24) is 0 Å². The smallest absolute Gasteiger partial charge is 0.306 e. The second-order valence-electron chi connectivity index (χ2n) is 25.2. The summed E-state index contributed by atoms with van der Waals surface area (Å²) in [5, 5.41) is 11.8. The number of carbonyl (C=O) groups excluding carboxylic acids is 3. The quantitative estimate of drug-likeness (QED) is 0.0195. The Morgan fingerprint density at radius 3 is 1.00 bits per heavy atom. The molecular formula is C71H135NO8. The monoisotopic (exact) mass is 1130 g/mol. The van der Waals surface area contributed by atoms with Gasteiger partial charge in [0.05, 0.1) is 40.3 Å². The Morgan fingerprint density at radius 1 is 0.375 bits per heavy atom. The molecule has 0 aromatic heterocycles. The molecule has 0 aromatic carbocycles. The van der Waals surface area contributed by atoms with Gasteiger partial charge in [-0.05, 0) is 44.9 Å². The maximum atomic E-state index is 12.9. The van der Waals surface area contributed by atoms with Crippen LogP contribution in [0, 0.1) is 0 Å². The van der Waals surface area contributed by atoms with Crippen LogP contribution in [0.15, 0.2) is 24.3 Å². The molecule has 0 amide bonds. The third-order valence-electron chi connectivity index (χ3n) is 16.0. The molecule has 0 saturated heterocycles. The summed E-state index contributed by atoms with van der Waals surface area (Å²) < 4.78 is 22.8. The molecule has 9 heteroatoms. The van der Waals surface area contributed by atoms with Crippen LogP contribution >= 0.6 is 0 Å². The van der Waals surface area contributed by atoms with Gasteiger partial charge in [0.1, 0.15) is 13.2 Å². The Morgan fingerprint density at radius 2 is 0.675 bits per heavy atom. The maximum absolute atomic E-state index is 12.9. The Kier molecular flexibility index (Phi) is 61.1. The zero-order valence-electron chi connectivity index (χ0n) is 54.0. The summed E-state index contributed by atoms with van der Waals surface area (Å²) in [5.74, 6) is -2.27. The molecule has 0 fully saturated rings. The van der Waals surface area contributed by atoms with Crippen LogP contribution in [0.25, 0.3) is 0 Å². The van der Waals surface area contributed by atoms with Crippen LogP contribution < -0.4 is 5.11 Å². The first kappa shape index (κ1) is 77.8. The van der Waals surface area contributed by atoms with Crippen LogP contribution in [0.1, 0.15) is 354 Å². The van der Waals surface area contributed by atoms with Gasteiger partial charge in [-0.1, -0.05) is 321 Å². The minimum absolute atomic E-state index is 0.148. The summed E-state index contributed by atoms with van der Waals surface area (Å²) in [6.07, 6.45) is 74.3. The summed E-state index contributed by atoms with van der Waals surface area (Å²) in [7, 11) is 5.93. The summed E-state index contributed by atoms with van der Waals surface area (Å²) in [6.45, 7) is 4.78. The highest BCUT2D eigenvalue weighted by Crippen LogP contribution is 2.19. The molecular weight excluding hydrogens is 995 g/mol. The summed E-state index contributed by atoms with van der Waals surface area (Å²) >= 11 is 0. The van der Waals surface area contributed by atoms with E-state index < -0.39 is 24.3 Å². The number of allylic oxidation sites excluding steroid dienone is 4. The number of hydrogen-bond donors (Lipinski definition) is 0. The van der Waals surface area contributed by atoms with E-state index in [4.69, 9.17) is 18.9 Å². The van der Waals surface area contributed by atoms with Crippen molar-refractivity contribution in [2.45, 2.75) is 367 Å². The number of rotatable bonds is 66. The van der Waals surface area contributed by atoms with Gasteiger partial charge < -0.3 is 33.3 Å². The predicted octanol–water partition coefficient (Wildman–Crippen LogP) is 20.1. The van der Waals surface area contributed by atoms with Crippen molar-refractivity contribution in [2.24, 2.45) is 0 Å². The second kappa shape index (κ2) is 62.8. The van der Waals surface area contributed by atoms with Crippen molar-refractivity contribution in [3.8, 4) is 0 Å². The van der Waals surface area contributed by atoms with Crippen LogP contribution in [0.2, 0.25) is 0 Å². The molecule has 2 unspecified atom stereocenters. The third-order valence-corrected chi connectivity index (χ3v) is 16.0. The molecule has 2 atom stereocenters. The van der Waals surface area contributed by atoms with Crippen molar-refractivity contribution in [1.29, 1.82) is 0 Å². The molecule has 9 nitrogen and oxygen atoms in total. The molecule has 0 heterocycles. The van der Waals surface area contributed by atoms with Gasteiger partial charge in [-0.15, -0.1) is 0 Å². The number of carboxylic acids is 1. The average Bonchev–Trinajstić information content (AvgIpc) is 3.43. The van der Waals surface area contributed by atoms with Crippen molar-refractivity contribution in [2.75, 3.05) is 47.5 Å². The minimum atomic E-state index is -1.62. The molecule has 0 saturated carbocycles. The zero-order chi connectivity index (χ0) is 58.3. The number of nitrogens with zero attached hydrogens (tertiary/aromatic N) is 1. The highest BCUT2D eigenvalue weighted by molar-refractivity contribution is 5.70. The number of likely N-dealkylation sites (N-methyl/N-ethyl adjacent to an activating group) is 1. The number of unbranched alkanes of at least 4 members (excludes halogenated alkanes) is 47. The van der Waals surface area contributed by atoms with Crippen LogP contribution in [-0.4, -0.2) is 82.3 Å². The first-order chi connectivity index (χ1) is 39.1. The van der Waals surface area contributed by atoms with Gasteiger partial charge in [0.25, 0.3) is 0 Å². The van der Waals surface area contributed by atoms with E-state index in [1.807, 2.05) is 21.1 Å². The molecule has 0 bridgehead atoms. The molecule has 0 aliphatic carbocycles. The number of carboxylic acid groups (broad SMARTS) is 1. The summed E-state index contributed by atoms with van der Waals surface area (Å²) in [6, 6.07) is 0. The number of quaternary nitrogens is 1. The highest BCUT2D eigenvalue weighted by Gasteiger charge is 2.22. The average molecular weight is 1130 g/mol. The molecule has 0 radical (unpaired) electrons. The third kappa shape index (κ3) is 63.4. The molecule has 0 aromatic rings. The van der Waals surface area contributed by atoms with Crippen molar-refractivity contribution in [3.63, 3.8) is 0 Å². The van der Waals surface area contributed by atoms with E-state index in [0.29, 0.717) is 23.9 Å². The van der Waals surface area contributed by atoms with Crippen molar-refractivity contribution < 1.29 is 42.9 Å². The van der Waals surface area contributed by atoms with E-state index in [1.54, 1.807) is 0 Å². The molecule has 0 aliphatic heterocycles. The minimum Gasteiger partial charge on any atom is -0.545 e. The molecule has 0 spiro atoms. The SMILES string of the molecule is CCCCCC/C=C\C/C=C\CCCCCCCCCC(=O)OC(COC(=O)CCCCCCCCCCCCCCCCCCCCCCCCCCCCCCCCCCCCCCC)COC(OCC[N+](C)(C)C)C(=O)[O-]. The molecule has 472 valence electrons. The molecule has 0 aliphatic rings. The van der Waals surface area contributed by atoms with Gasteiger partial charge in [0.15, 0.2) is 12.4 Å². The van der Waals surface area contributed by atoms with Gasteiger partial charge in [-0.25, -0.2) is 0 Å². The van der Waals surface area contributed by atoms with E-state index in [0.717, 1.165) is 51.4 Å². The number of hydrogen-bond acceptors (Lipinski definition) is 8. The first-order valence-electron chi connectivity index (χ1n) is 35.0. The highest BCUT2D eigenvalue weighted by atomic mass is 16.7. The van der Waals surface area contributed by atoms with E-state index in [-0.39, 0.29) is 32.2 Å². The first-order valence-corrected chi connectivity index (χ1v) is 35.0.